The van der Waals surface area contributed by atoms with Gasteiger partial charge < -0.3 is 5.73 Å². The number of rotatable bonds is 4. The van der Waals surface area contributed by atoms with Gasteiger partial charge in [-0.1, -0.05) is 12.1 Å². The maximum absolute atomic E-state index is 13.2. The predicted octanol–water partition coefficient (Wildman–Crippen LogP) is 2.97. The Morgan fingerprint density at radius 3 is 2.35 bits per heavy atom. The van der Waals surface area contributed by atoms with Gasteiger partial charge in [-0.15, -0.1) is 0 Å². The van der Waals surface area contributed by atoms with Crippen LogP contribution in [-0.4, -0.2) is 35.0 Å². The van der Waals surface area contributed by atoms with Gasteiger partial charge in [-0.2, -0.15) is 18.3 Å². The Bertz CT molecular complexity index is 1380. The van der Waals surface area contributed by atoms with E-state index in [1.165, 1.54) is 42.2 Å². The summed E-state index contributed by atoms with van der Waals surface area (Å²) in [6.45, 7) is 0. The van der Waals surface area contributed by atoms with Gasteiger partial charge >= 0.3 is 6.18 Å². The summed E-state index contributed by atoms with van der Waals surface area (Å²) >= 11 is 0. The molecule has 1 aromatic carbocycles. The lowest BCUT2D eigenvalue weighted by molar-refractivity contribution is -0.137. The number of pyridine rings is 1. The summed E-state index contributed by atoms with van der Waals surface area (Å²) in [7, 11) is -2.27. The van der Waals surface area contributed by atoms with E-state index in [4.69, 9.17) is 5.73 Å². The number of nitrogens with two attached hydrogens (primary N) is 1. The van der Waals surface area contributed by atoms with Gasteiger partial charge in [0, 0.05) is 17.3 Å². The molecule has 3 aromatic heterocycles. The zero-order valence-electron chi connectivity index (χ0n) is 15.9. The van der Waals surface area contributed by atoms with Crippen molar-refractivity contribution < 1.29 is 21.6 Å². The topological polar surface area (TPSA) is 115 Å². The third-order valence-electron chi connectivity index (χ3n) is 4.61. The van der Waals surface area contributed by atoms with E-state index in [1.54, 1.807) is 18.2 Å². The van der Waals surface area contributed by atoms with Gasteiger partial charge in [-0.25, -0.2) is 27.6 Å². The summed E-state index contributed by atoms with van der Waals surface area (Å²) in [6, 6.07) is 10.1. The van der Waals surface area contributed by atoms with E-state index in [9.17, 15) is 21.6 Å². The molecule has 31 heavy (non-hydrogen) atoms. The number of anilines is 1. The first-order chi connectivity index (χ1) is 14.6. The van der Waals surface area contributed by atoms with Crippen LogP contribution in [0.3, 0.4) is 0 Å². The van der Waals surface area contributed by atoms with Crippen LogP contribution < -0.4 is 10.5 Å². The fourth-order valence-corrected chi connectivity index (χ4v) is 3.72. The Hall–Kier alpha value is -3.51. The fraction of sp³-hybridized carbons (Fsp3) is 0.105. The zero-order valence-corrected chi connectivity index (χ0v) is 16.7. The van der Waals surface area contributed by atoms with Gasteiger partial charge in [0.25, 0.3) is 0 Å². The molecule has 12 heteroatoms. The molecule has 0 aliphatic rings. The van der Waals surface area contributed by atoms with Crippen LogP contribution in [0.15, 0.2) is 59.8 Å². The lowest BCUT2D eigenvalue weighted by Gasteiger charge is -2.11. The molecule has 0 aliphatic carbocycles. The minimum Gasteiger partial charge on any atom is -0.383 e. The van der Waals surface area contributed by atoms with Gasteiger partial charge in [0.1, 0.15) is 5.82 Å². The van der Waals surface area contributed by atoms with Gasteiger partial charge in [0.2, 0.25) is 10.0 Å². The van der Waals surface area contributed by atoms with Gasteiger partial charge in [-0.05, 0) is 37.4 Å². The number of aromatic nitrogens is 4. The van der Waals surface area contributed by atoms with Crippen LogP contribution in [0.25, 0.3) is 28.2 Å². The molecular weight excluding hydrogens is 433 g/mol. The second kappa shape index (κ2) is 7.32. The van der Waals surface area contributed by atoms with E-state index < -0.39 is 27.6 Å². The summed E-state index contributed by atoms with van der Waals surface area (Å²) < 4.78 is 67.0. The number of fused-ring (bicyclic) bond motifs is 1. The third kappa shape index (κ3) is 3.82. The molecule has 0 saturated heterocycles. The van der Waals surface area contributed by atoms with Crippen LogP contribution in [-0.2, 0) is 16.2 Å². The summed E-state index contributed by atoms with van der Waals surface area (Å²) in [5, 5.41) is 4.40. The van der Waals surface area contributed by atoms with Crippen LogP contribution >= 0.6 is 0 Å². The number of sulfonamides is 1. The summed E-state index contributed by atoms with van der Waals surface area (Å²) in [5.41, 5.74) is 6.32. The SMILES string of the molecule is CNS(=O)(=O)c1ccc(-c2cnc3ccc(-c4cnc(N)c(C(F)(F)F)c4)nn23)cc1. The molecule has 160 valence electrons. The fourth-order valence-electron chi connectivity index (χ4n) is 2.99. The van der Waals surface area contributed by atoms with Crippen LogP contribution in [0.2, 0.25) is 0 Å². The molecule has 0 aliphatic heterocycles. The molecular formula is C19H15F3N6O2S. The van der Waals surface area contributed by atoms with Crippen molar-refractivity contribution in [2.45, 2.75) is 11.1 Å². The number of hydrogen-bond acceptors (Lipinski definition) is 6. The molecule has 4 aromatic rings. The number of hydrogen-bond donors (Lipinski definition) is 2. The minimum atomic E-state index is -4.65. The van der Waals surface area contributed by atoms with Crippen LogP contribution in [0.4, 0.5) is 19.0 Å². The number of benzene rings is 1. The second-order valence-electron chi connectivity index (χ2n) is 6.52. The molecule has 0 fully saturated rings. The number of nitrogen functional groups attached to an aromatic ring is 1. The molecule has 3 heterocycles. The number of imidazole rings is 1. The monoisotopic (exact) mass is 448 g/mol. The average molecular weight is 448 g/mol. The Morgan fingerprint density at radius 1 is 1.00 bits per heavy atom. The molecule has 4 rings (SSSR count). The summed E-state index contributed by atoms with van der Waals surface area (Å²) in [6.07, 6.45) is -1.89. The first-order valence-electron chi connectivity index (χ1n) is 8.82. The first kappa shape index (κ1) is 20.8. The van der Waals surface area contributed by atoms with Crippen molar-refractivity contribution in [3.05, 3.63) is 60.4 Å². The largest absolute Gasteiger partial charge is 0.419 e. The molecule has 0 bridgehead atoms. The smallest absolute Gasteiger partial charge is 0.383 e. The molecule has 0 saturated carbocycles. The third-order valence-corrected chi connectivity index (χ3v) is 6.04. The second-order valence-corrected chi connectivity index (χ2v) is 8.41. The van der Waals surface area contributed by atoms with E-state index in [0.717, 1.165) is 6.07 Å². The number of halogens is 3. The van der Waals surface area contributed by atoms with Gasteiger partial charge in [0.15, 0.2) is 5.65 Å². The highest BCUT2D eigenvalue weighted by atomic mass is 32.2. The highest BCUT2D eigenvalue weighted by molar-refractivity contribution is 7.89. The van der Waals surface area contributed by atoms with E-state index in [0.29, 0.717) is 16.9 Å². The maximum atomic E-state index is 13.2. The van der Waals surface area contributed by atoms with Crippen molar-refractivity contribution in [1.82, 2.24) is 24.3 Å². The molecule has 3 N–H and O–H groups in total. The predicted molar refractivity (Wildman–Crippen MR) is 107 cm³/mol. The molecule has 8 nitrogen and oxygen atoms in total. The van der Waals surface area contributed by atoms with Crippen LogP contribution in [0, 0.1) is 0 Å². The molecule has 0 spiro atoms. The Morgan fingerprint density at radius 2 is 1.71 bits per heavy atom. The number of alkyl halides is 3. The van der Waals surface area contributed by atoms with Crippen molar-refractivity contribution >= 4 is 21.5 Å². The lowest BCUT2D eigenvalue weighted by Crippen LogP contribution is -2.18. The van der Waals surface area contributed by atoms with Gasteiger partial charge in [0.05, 0.1) is 28.0 Å². The summed E-state index contributed by atoms with van der Waals surface area (Å²) in [5.74, 6) is -0.614. The molecule has 0 atom stereocenters. The lowest BCUT2D eigenvalue weighted by atomic mass is 10.1. The summed E-state index contributed by atoms with van der Waals surface area (Å²) in [4.78, 5) is 7.97. The van der Waals surface area contributed by atoms with Crippen molar-refractivity contribution in [2.24, 2.45) is 0 Å². The zero-order chi connectivity index (χ0) is 22.4. The van der Waals surface area contributed by atoms with E-state index >= 15 is 0 Å². The maximum Gasteiger partial charge on any atom is 0.419 e. The molecule has 0 radical (unpaired) electrons. The van der Waals surface area contributed by atoms with E-state index in [-0.39, 0.29) is 16.2 Å². The van der Waals surface area contributed by atoms with Crippen molar-refractivity contribution in [3.8, 4) is 22.5 Å². The molecule has 0 amide bonds. The van der Waals surface area contributed by atoms with E-state index in [2.05, 4.69) is 19.8 Å². The van der Waals surface area contributed by atoms with Crippen molar-refractivity contribution in [1.29, 1.82) is 0 Å². The van der Waals surface area contributed by atoms with Gasteiger partial charge in [-0.3, -0.25) is 0 Å². The average Bonchev–Trinajstić information content (AvgIpc) is 3.16. The van der Waals surface area contributed by atoms with Crippen LogP contribution in [0.5, 0.6) is 0 Å². The van der Waals surface area contributed by atoms with Crippen molar-refractivity contribution in [2.75, 3.05) is 12.8 Å². The Balaban J connectivity index is 1.79. The standard InChI is InChI=1S/C19H15F3N6O2S/c1-24-31(29,30)13-4-2-11(3-5-13)16-10-25-17-7-6-15(27-28(16)17)12-8-14(19(20,21)22)18(23)26-9-12/h2-10,24H,1H3,(H2,23,26). The number of nitrogens with one attached hydrogen (secondary N) is 1. The number of nitrogens with zero attached hydrogens (tertiary/aromatic N) is 4. The van der Waals surface area contributed by atoms with E-state index in [1.807, 2.05) is 0 Å². The highest BCUT2D eigenvalue weighted by Crippen LogP contribution is 2.35. The quantitative estimate of drug-likeness (QED) is 0.496. The Kier molecular flexibility index (Phi) is 4.90. The van der Waals surface area contributed by atoms with Crippen molar-refractivity contribution in [3.63, 3.8) is 0 Å². The molecule has 0 unspecified atom stereocenters. The first-order valence-corrected chi connectivity index (χ1v) is 10.3. The Labute approximate surface area is 174 Å². The minimum absolute atomic E-state index is 0.0915. The normalized spacial score (nSPS) is 12.4. The van der Waals surface area contributed by atoms with Crippen LogP contribution in [0.1, 0.15) is 5.56 Å². The highest BCUT2D eigenvalue weighted by Gasteiger charge is 2.34.